The Hall–Kier alpha value is -1.29. The van der Waals surface area contributed by atoms with Crippen molar-refractivity contribution in [2.24, 2.45) is 5.92 Å². The number of aliphatic hydroxyl groups excluding tert-OH is 12. The number of aliphatic hydroxyl groups is 12. The number of hydrogen-bond donors (Lipinski definition) is 12. The minimum Gasteiger partial charge on any atom is -0.435 e. The van der Waals surface area contributed by atoms with Crippen LogP contribution in [0.4, 0.5) is 0 Å². The first kappa shape index (κ1) is 38.5. The Balaban J connectivity index is 1.74. The van der Waals surface area contributed by atoms with Crippen molar-refractivity contribution in [3.8, 4) is 0 Å². The Bertz CT molecular complexity index is 973. The normalized spacial score (nSPS) is 51.0. The lowest BCUT2D eigenvalue weighted by atomic mass is 9.90. The van der Waals surface area contributed by atoms with E-state index < -0.39 is 149 Å². The molecule has 4 rings (SSSR count). The first-order valence-electron chi connectivity index (χ1n) is 14.9. The van der Waals surface area contributed by atoms with Gasteiger partial charge in [-0.3, -0.25) is 4.79 Å². The molecule has 0 aromatic rings. The molecular weight excluding hydrogens is 648 g/mol. The first-order valence-corrected chi connectivity index (χ1v) is 14.9. The maximum absolute atomic E-state index is 11.5. The highest BCUT2D eigenvalue weighted by Gasteiger charge is 2.57. The third-order valence-electron chi connectivity index (χ3n) is 8.77. The smallest absolute Gasteiger partial charge is 0.295 e. The Kier molecular flexibility index (Phi) is 13.6. The summed E-state index contributed by atoms with van der Waals surface area (Å²) in [6, 6.07) is 0. The highest BCUT2D eigenvalue weighted by atomic mass is 16.8. The molecule has 0 aliphatic carbocycles. The highest BCUT2D eigenvalue weighted by Crippen LogP contribution is 2.37. The summed E-state index contributed by atoms with van der Waals surface area (Å²) in [7, 11) is 0. The molecule has 0 bridgehead atoms. The third kappa shape index (κ3) is 7.88. The van der Waals surface area contributed by atoms with Crippen molar-refractivity contribution >= 4 is 6.47 Å². The Morgan fingerprint density at radius 1 is 0.468 bits per heavy atom. The minimum atomic E-state index is -2.03. The van der Waals surface area contributed by atoms with E-state index in [1.165, 1.54) is 6.92 Å². The van der Waals surface area contributed by atoms with Gasteiger partial charge in [-0.2, -0.15) is 0 Å². The standard InChI is InChI=1S/C26H44O21/c1-7-8(2-27)41-23(17(37)12(7)32)45-20-11(5-30)44-26(40-6-31)22(47-25-19(39)16(36)14(34)10(4-29)43-25)21(20)46-24-18(38)15(35)13(33)9(3-28)42-24/h6-30,32-39H,2-5H2,1H3/t7-,8-,9-,10?,11?,12?,13-,14-,15+,16?,17-,18-,19-,20-,21+,22-,23+,24+,25+,26-/m1/s1. The van der Waals surface area contributed by atoms with E-state index in [4.69, 9.17) is 37.9 Å². The third-order valence-corrected chi connectivity index (χ3v) is 8.77. The quantitative estimate of drug-likeness (QED) is 0.0845. The van der Waals surface area contributed by atoms with Gasteiger partial charge in [0.25, 0.3) is 6.47 Å². The zero-order valence-electron chi connectivity index (χ0n) is 25.0. The summed E-state index contributed by atoms with van der Waals surface area (Å²) in [6.07, 6.45) is -33.3. The molecule has 4 aliphatic rings. The van der Waals surface area contributed by atoms with Crippen LogP contribution in [0, 0.1) is 5.92 Å². The van der Waals surface area contributed by atoms with Crippen molar-refractivity contribution in [1.82, 2.24) is 0 Å². The number of carbonyl (C=O) groups is 1. The zero-order valence-corrected chi connectivity index (χ0v) is 25.0. The SMILES string of the molecule is C[C@H]1C(O)[C@@H](O)[C@H](O[C@@H]2C(CO)O[C@@H](OC=O)[C@H](O[C@@H]3OC(CO)[C@@H](O)C(O)[C@H]3O)[C@H]2O[C@@H]2O[C@H](CO)[C@@H](O)[C@H](O)[C@H]2O)O[C@@H]1CO. The van der Waals surface area contributed by atoms with Gasteiger partial charge in [-0.05, 0) is 0 Å². The Morgan fingerprint density at radius 2 is 0.851 bits per heavy atom. The van der Waals surface area contributed by atoms with Gasteiger partial charge in [0.2, 0.25) is 6.29 Å². The highest BCUT2D eigenvalue weighted by molar-refractivity contribution is 5.37. The molecule has 0 amide bonds. The van der Waals surface area contributed by atoms with Gasteiger partial charge >= 0.3 is 0 Å². The summed E-state index contributed by atoms with van der Waals surface area (Å²) in [5.74, 6) is -0.778. The molecule has 4 fully saturated rings. The summed E-state index contributed by atoms with van der Waals surface area (Å²) >= 11 is 0. The predicted molar refractivity (Wildman–Crippen MR) is 142 cm³/mol. The van der Waals surface area contributed by atoms with Gasteiger partial charge in [0.1, 0.15) is 73.2 Å². The molecule has 0 aromatic heterocycles. The molecule has 4 heterocycles. The number of rotatable bonds is 12. The maximum Gasteiger partial charge on any atom is 0.295 e. The lowest BCUT2D eigenvalue weighted by Crippen LogP contribution is -2.68. The second kappa shape index (κ2) is 16.6. The van der Waals surface area contributed by atoms with Crippen LogP contribution in [0.25, 0.3) is 0 Å². The predicted octanol–water partition coefficient (Wildman–Crippen LogP) is -8.29. The topological polar surface area (TPSA) is 334 Å². The van der Waals surface area contributed by atoms with Crippen LogP contribution in [-0.2, 0) is 42.7 Å². The van der Waals surface area contributed by atoms with Gasteiger partial charge in [-0.15, -0.1) is 0 Å². The molecule has 21 heteroatoms. The van der Waals surface area contributed by atoms with Gasteiger partial charge in [-0.25, -0.2) is 0 Å². The van der Waals surface area contributed by atoms with Crippen molar-refractivity contribution in [2.45, 2.75) is 124 Å². The molecule has 4 unspecified atom stereocenters. The fourth-order valence-electron chi connectivity index (χ4n) is 5.87. The number of hydrogen-bond acceptors (Lipinski definition) is 21. The fraction of sp³-hybridized carbons (Fsp3) is 0.962. The van der Waals surface area contributed by atoms with Crippen LogP contribution in [0.3, 0.4) is 0 Å². The second-order valence-corrected chi connectivity index (χ2v) is 11.7. The van der Waals surface area contributed by atoms with E-state index in [2.05, 4.69) is 0 Å². The molecule has 47 heavy (non-hydrogen) atoms. The summed E-state index contributed by atoms with van der Waals surface area (Å²) in [5, 5.41) is 123. The molecule has 274 valence electrons. The van der Waals surface area contributed by atoms with E-state index in [0.29, 0.717) is 0 Å². The molecule has 0 spiro atoms. The fourth-order valence-corrected chi connectivity index (χ4v) is 5.87. The molecule has 0 radical (unpaired) electrons. The maximum atomic E-state index is 11.5. The van der Waals surface area contributed by atoms with Crippen LogP contribution >= 0.6 is 0 Å². The van der Waals surface area contributed by atoms with Crippen LogP contribution in [0.15, 0.2) is 0 Å². The zero-order chi connectivity index (χ0) is 34.7. The van der Waals surface area contributed by atoms with Gasteiger partial charge in [0, 0.05) is 5.92 Å². The van der Waals surface area contributed by atoms with Crippen LogP contribution in [0.2, 0.25) is 0 Å². The van der Waals surface area contributed by atoms with Gasteiger partial charge < -0.3 is 99.2 Å². The van der Waals surface area contributed by atoms with Crippen LogP contribution < -0.4 is 0 Å². The lowest BCUT2D eigenvalue weighted by molar-refractivity contribution is -0.403. The Morgan fingerprint density at radius 3 is 1.30 bits per heavy atom. The molecule has 21 nitrogen and oxygen atoms in total. The van der Waals surface area contributed by atoms with Gasteiger partial charge in [0.15, 0.2) is 25.0 Å². The van der Waals surface area contributed by atoms with Gasteiger partial charge in [-0.1, -0.05) is 6.92 Å². The molecule has 4 aliphatic heterocycles. The van der Waals surface area contributed by atoms with Crippen molar-refractivity contribution < 1.29 is 104 Å². The van der Waals surface area contributed by atoms with E-state index in [9.17, 15) is 66.1 Å². The monoisotopic (exact) mass is 692 g/mol. The average molecular weight is 693 g/mol. The lowest BCUT2D eigenvalue weighted by Gasteiger charge is -2.50. The summed E-state index contributed by atoms with van der Waals surface area (Å²) < 4.78 is 44.9. The van der Waals surface area contributed by atoms with Crippen molar-refractivity contribution in [3.63, 3.8) is 0 Å². The molecule has 0 aromatic carbocycles. The van der Waals surface area contributed by atoms with Crippen LogP contribution in [-0.4, -0.2) is 211 Å². The van der Waals surface area contributed by atoms with E-state index in [-0.39, 0.29) is 6.47 Å². The first-order chi connectivity index (χ1) is 22.3. The minimum absolute atomic E-state index is 0.0908. The summed E-state index contributed by atoms with van der Waals surface area (Å²) in [6.45, 7) is -1.85. The second-order valence-electron chi connectivity index (χ2n) is 11.7. The molecule has 0 saturated carbocycles. The summed E-state index contributed by atoms with van der Waals surface area (Å²) in [5.41, 5.74) is 0. The van der Waals surface area contributed by atoms with Crippen molar-refractivity contribution in [3.05, 3.63) is 0 Å². The van der Waals surface area contributed by atoms with E-state index in [1.807, 2.05) is 0 Å². The van der Waals surface area contributed by atoms with E-state index in [1.54, 1.807) is 0 Å². The van der Waals surface area contributed by atoms with Crippen LogP contribution in [0.5, 0.6) is 0 Å². The van der Waals surface area contributed by atoms with Crippen LogP contribution in [0.1, 0.15) is 6.92 Å². The molecule has 20 atom stereocenters. The number of ether oxygens (including phenoxy) is 8. The van der Waals surface area contributed by atoms with Crippen molar-refractivity contribution in [1.29, 1.82) is 0 Å². The molecule has 12 N–H and O–H groups in total. The molecule has 4 saturated heterocycles. The van der Waals surface area contributed by atoms with E-state index in [0.717, 1.165) is 0 Å². The largest absolute Gasteiger partial charge is 0.435 e. The average Bonchev–Trinajstić information content (AvgIpc) is 3.07. The van der Waals surface area contributed by atoms with E-state index >= 15 is 0 Å². The van der Waals surface area contributed by atoms with Crippen molar-refractivity contribution in [2.75, 3.05) is 26.4 Å². The summed E-state index contributed by atoms with van der Waals surface area (Å²) in [4.78, 5) is 11.5. The Labute approximate surface area is 266 Å². The number of carbonyl (C=O) groups excluding carboxylic acids is 1. The molecular formula is C26H44O21. The van der Waals surface area contributed by atoms with Gasteiger partial charge in [0.05, 0.1) is 38.6 Å².